The minimum Gasteiger partial charge on any atom is -0.493 e. The fourth-order valence-corrected chi connectivity index (χ4v) is 2.85. The largest absolute Gasteiger partial charge is 0.493 e. The van der Waals surface area contributed by atoms with Gasteiger partial charge >= 0.3 is 0 Å². The quantitative estimate of drug-likeness (QED) is 0.677. The Morgan fingerprint density at radius 2 is 1.96 bits per heavy atom. The van der Waals surface area contributed by atoms with E-state index in [2.05, 4.69) is 31.0 Å². The van der Waals surface area contributed by atoms with Crippen molar-refractivity contribution >= 4 is 11.0 Å². The number of pyridine rings is 1. The van der Waals surface area contributed by atoms with Gasteiger partial charge in [0.15, 0.2) is 11.3 Å². The van der Waals surface area contributed by atoms with E-state index < -0.39 is 0 Å². The lowest BCUT2D eigenvalue weighted by molar-refractivity contribution is 0.406. The van der Waals surface area contributed by atoms with Gasteiger partial charge in [-0.05, 0) is 41.8 Å². The van der Waals surface area contributed by atoms with Gasteiger partial charge in [-0.1, -0.05) is 19.9 Å². The standard InChI is InChI=1S/C20H20N2O2/c1-13(2)19-11-17-15(4-5-18(23-3)20(17)24-19)10-16(12-21)14-6-8-22-9-7-14/h4-9,11,13,16H,10H2,1-3H3. The minimum absolute atomic E-state index is 0.220. The molecule has 0 aliphatic rings. The van der Waals surface area contributed by atoms with Gasteiger partial charge in [0.1, 0.15) is 5.76 Å². The van der Waals surface area contributed by atoms with Crippen molar-refractivity contribution in [3.8, 4) is 11.8 Å². The molecule has 1 atom stereocenters. The number of ether oxygens (including phenoxy) is 1. The van der Waals surface area contributed by atoms with Crippen LogP contribution in [-0.4, -0.2) is 12.1 Å². The average molecular weight is 320 g/mol. The van der Waals surface area contributed by atoms with Crippen molar-refractivity contribution in [2.45, 2.75) is 32.1 Å². The van der Waals surface area contributed by atoms with E-state index >= 15 is 0 Å². The summed E-state index contributed by atoms with van der Waals surface area (Å²) >= 11 is 0. The van der Waals surface area contributed by atoms with Gasteiger partial charge in [0.2, 0.25) is 0 Å². The number of nitrogens with zero attached hydrogens (tertiary/aromatic N) is 2. The molecular formula is C20H20N2O2. The molecule has 24 heavy (non-hydrogen) atoms. The summed E-state index contributed by atoms with van der Waals surface area (Å²) in [6, 6.07) is 12.2. The zero-order chi connectivity index (χ0) is 17.1. The molecule has 4 heteroatoms. The number of methoxy groups -OCH3 is 1. The fourth-order valence-electron chi connectivity index (χ4n) is 2.85. The molecule has 0 aliphatic carbocycles. The van der Waals surface area contributed by atoms with Gasteiger partial charge in [-0.2, -0.15) is 5.26 Å². The van der Waals surface area contributed by atoms with Crippen LogP contribution < -0.4 is 4.74 Å². The van der Waals surface area contributed by atoms with Crippen molar-refractivity contribution in [2.75, 3.05) is 7.11 Å². The van der Waals surface area contributed by atoms with E-state index in [1.165, 1.54) is 0 Å². The Labute approximate surface area is 141 Å². The first-order chi connectivity index (χ1) is 11.6. The summed E-state index contributed by atoms with van der Waals surface area (Å²) in [6.07, 6.45) is 4.06. The van der Waals surface area contributed by atoms with Crippen LogP contribution in [-0.2, 0) is 6.42 Å². The molecule has 1 aromatic carbocycles. The molecular weight excluding hydrogens is 300 g/mol. The third-order valence-corrected chi connectivity index (χ3v) is 4.23. The average Bonchev–Trinajstić information content (AvgIpc) is 3.06. The smallest absolute Gasteiger partial charge is 0.176 e. The third kappa shape index (κ3) is 2.98. The molecule has 4 nitrogen and oxygen atoms in total. The second-order valence-electron chi connectivity index (χ2n) is 6.14. The monoisotopic (exact) mass is 320 g/mol. The lowest BCUT2D eigenvalue weighted by atomic mass is 9.92. The summed E-state index contributed by atoms with van der Waals surface area (Å²) in [5.41, 5.74) is 2.82. The molecule has 1 unspecified atom stereocenters. The molecule has 0 bridgehead atoms. The number of nitriles is 1. The summed E-state index contributed by atoms with van der Waals surface area (Å²) in [6.45, 7) is 4.19. The third-order valence-electron chi connectivity index (χ3n) is 4.23. The molecule has 2 heterocycles. The van der Waals surface area contributed by atoms with Crippen molar-refractivity contribution in [3.63, 3.8) is 0 Å². The Hall–Kier alpha value is -2.80. The van der Waals surface area contributed by atoms with Crippen LogP contribution in [0, 0.1) is 11.3 Å². The van der Waals surface area contributed by atoms with Gasteiger partial charge in [-0.15, -0.1) is 0 Å². The van der Waals surface area contributed by atoms with Gasteiger partial charge in [-0.25, -0.2) is 0 Å². The van der Waals surface area contributed by atoms with Crippen molar-refractivity contribution in [2.24, 2.45) is 0 Å². The summed E-state index contributed by atoms with van der Waals surface area (Å²) < 4.78 is 11.4. The zero-order valence-electron chi connectivity index (χ0n) is 14.1. The maximum absolute atomic E-state index is 9.59. The Morgan fingerprint density at radius 1 is 1.21 bits per heavy atom. The van der Waals surface area contributed by atoms with E-state index in [0.717, 1.165) is 33.6 Å². The summed E-state index contributed by atoms with van der Waals surface area (Å²) in [5.74, 6) is 1.72. The highest BCUT2D eigenvalue weighted by Gasteiger charge is 2.18. The van der Waals surface area contributed by atoms with E-state index in [1.54, 1.807) is 19.5 Å². The highest BCUT2D eigenvalue weighted by Crippen LogP contribution is 2.35. The number of fused-ring (bicyclic) bond motifs is 1. The van der Waals surface area contributed by atoms with E-state index in [0.29, 0.717) is 12.3 Å². The van der Waals surface area contributed by atoms with Crippen LogP contribution in [0.4, 0.5) is 0 Å². The lowest BCUT2D eigenvalue weighted by Gasteiger charge is -2.11. The number of furan rings is 1. The second kappa shape index (κ2) is 6.76. The molecule has 3 aromatic rings. The number of benzene rings is 1. The Bertz CT molecular complexity index is 876. The van der Waals surface area contributed by atoms with Gasteiger partial charge in [0.05, 0.1) is 19.1 Å². The summed E-state index contributed by atoms with van der Waals surface area (Å²) in [4.78, 5) is 4.02. The molecule has 3 rings (SSSR count). The van der Waals surface area contributed by atoms with Crippen molar-refractivity contribution in [3.05, 3.63) is 59.6 Å². The first kappa shape index (κ1) is 16.1. The van der Waals surface area contributed by atoms with Gasteiger partial charge in [-0.3, -0.25) is 4.98 Å². The number of hydrogen-bond acceptors (Lipinski definition) is 4. The Morgan fingerprint density at radius 3 is 2.58 bits per heavy atom. The molecule has 0 spiro atoms. The maximum atomic E-state index is 9.59. The van der Waals surface area contributed by atoms with Crippen LogP contribution >= 0.6 is 0 Å². The normalized spacial score (nSPS) is 12.3. The van der Waals surface area contributed by atoms with Crippen LogP contribution in [0.15, 0.2) is 47.1 Å². The predicted octanol–water partition coefficient (Wildman–Crippen LogP) is 4.81. The number of aromatic nitrogens is 1. The Balaban J connectivity index is 2.04. The molecule has 0 saturated carbocycles. The first-order valence-electron chi connectivity index (χ1n) is 8.03. The molecule has 0 aliphatic heterocycles. The maximum Gasteiger partial charge on any atom is 0.176 e. The van der Waals surface area contributed by atoms with Crippen molar-refractivity contribution in [1.82, 2.24) is 4.98 Å². The van der Waals surface area contributed by atoms with Crippen LogP contribution in [0.1, 0.15) is 42.6 Å². The summed E-state index contributed by atoms with van der Waals surface area (Å²) in [7, 11) is 1.64. The highest BCUT2D eigenvalue weighted by molar-refractivity contribution is 5.87. The summed E-state index contributed by atoms with van der Waals surface area (Å²) in [5, 5.41) is 10.6. The van der Waals surface area contributed by atoms with Crippen molar-refractivity contribution in [1.29, 1.82) is 5.26 Å². The van der Waals surface area contributed by atoms with Crippen LogP contribution in [0.2, 0.25) is 0 Å². The number of rotatable bonds is 5. The molecule has 0 radical (unpaired) electrons. The van der Waals surface area contributed by atoms with Gasteiger partial charge in [0, 0.05) is 23.7 Å². The first-order valence-corrected chi connectivity index (χ1v) is 8.03. The van der Waals surface area contributed by atoms with E-state index in [-0.39, 0.29) is 5.92 Å². The minimum atomic E-state index is -0.220. The van der Waals surface area contributed by atoms with Crippen LogP contribution in [0.3, 0.4) is 0 Å². The van der Waals surface area contributed by atoms with E-state index in [1.807, 2.05) is 24.3 Å². The molecule has 0 N–H and O–H groups in total. The van der Waals surface area contributed by atoms with E-state index in [4.69, 9.17) is 9.15 Å². The Kier molecular flexibility index (Phi) is 4.52. The van der Waals surface area contributed by atoms with Crippen molar-refractivity contribution < 1.29 is 9.15 Å². The topological polar surface area (TPSA) is 59.0 Å². The zero-order valence-corrected chi connectivity index (χ0v) is 14.1. The molecule has 0 fully saturated rings. The highest BCUT2D eigenvalue weighted by atomic mass is 16.5. The number of hydrogen-bond donors (Lipinski definition) is 0. The lowest BCUT2D eigenvalue weighted by Crippen LogP contribution is -2.01. The predicted molar refractivity (Wildman–Crippen MR) is 93.2 cm³/mol. The SMILES string of the molecule is COc1ccc(CC(C#N)c2ccncc2)c2cc(C(C)C)oc12. The molecule has 0 saturated heterocycles. The van der Waals surface area contributed by atoms with Crippen LogP contribution in [0.5, 0.6) is 5.75 Å². The fraction of sp³-hybridized carbons (Fsp3) is 0.300. The molecule has 122 valence electrons. The van der Waals surface area contributed by atoms with Gasteiger partial charge in [0.25, 0.3) is 0 Å². The molecule has 2 aromatic heterocycles. The van der Waals surface area contributed by atoms with Crippen LogP contribution in [0.25, 0.3) is 11.0 Å². The molecule has 0 amide bonds. The van der Waals surface area contributed by atoms with Gasteiger partial charge < -0.3 is 9.15 Å². The second-order valence-corrected chi connectivity index (χ2v) is 6.14. The van der Waals surface area contributed by atoms with E-state index in [9.17, 15) is 5.26 Å².